The molecule has 1 fully saturated rings. The van der Waals surface area contributed by atoms with Crippen LogP contribution in [0.25, 0.3) is 31.8 Å². The summed E-state index contributed by atoms with van der Waals surface area (Å²) in [5.74, 6) is -0.838. The number of fused-ring (bicyclic) bond motifs is 2. The molecule has 2 aromatic carbocycles. The second-order valence-electron chi connectivity index (χ2n) is 9.04. The molecule has 1 aliphatic rings. The Hall–Kier alpha value is -3.23. The number of benzene rings is 2. The predicted molar refractivity (Wildman–Crippen MR) is 137 cm³/mol. The van der Waals surface area contributed by atoms with E-state index in [1.54, 1.807) is 19.9 Å². The molecule has 1 unspecified atom stereocenters. The fraction of sp³-hybridized carbons (Fsp3) is 0.370. The Bertz CT molecular complexity index is 1460. The topological polar surface area (TPSA) is 92.9 Å². The molecule has 1 saturated heterocycles. The van der Waals surface area contributed by atoms with Gasteiger partial charge >= 0.3 is 5.97 Å². The Morgan fingerprint density at radius 2 is 2.11 bits per heavy atom. The molecule has 0 spiro atoms. The normalized spacial score (nSPS) is 16.7. The summed E-state index contributed by atoms with van der Waals surface area (Å²) in [6.07, 6.45) is 3.43. The number of carbonyl (C=O) groups is 1. The van der Waals surface area contributed by atoms with Crippen molar-refractivity contribution in [3.63, 3.8) is 0 Å². The summed E-state index contributed by atoms with van der Waals surface area (Å²) in [5, 5.41) is 11.7. The quantitative estimate of drug-likeness (QED) is 0.361. The van der Waals surface area contributed by atoms with Crippen molar-refractivity contribution in [3.05, 3.63) is 57.4 Å². The minimum absolute atomic E-state index is 0.0842. The Kier molecular flexibility index (Phi) is 6.34. The minimum atomic E-state index is -0.731. The van der Waals surface area contributed by atoms with E-state index in [0.29, 0.717) is 34.1 Å². The number of aryl methyl sites for hydroxylation is 1. The summed E-state index contributed by atoms with van der Waals surface area (Å²) < 4.78 is 12.1. The van der Waals surface area contributed by atoms with E-state index < -0.39 is 5.97 Å². The predicted octanol–water partition coefficient (Wildman–Crippen LogP) is 5.63. The molecule has 7 nitrogen and oxygen atoms in total. The third-order valence-corrected chi connectivity index (χ3v) is 7.80. The number of hydrogen-bond acceptors (Lipinski definition) is 8. The van der Waals surface area contributed by atoms with Crippen LogP contribution < -0.4 is 5.43 Å². The second kappa shape index (κ2) is 9.43. The molecule has 4 aromatic rings. The number of nitrogens with zero attached hydrogens (tertiary/aromatic N) is 2. The molecule has 0 amide bonds. The lowest BCUT2D eigenvalue weighted by Crippen LogP contribution is -2.36. The Morgan fingerprint density at radius 3 is 2.86 bits per heavy atom. The molecule has 0 saturated carbocycles. The minimum Gasteiger partial charge on any atom is -0.507 e. The van der Waals surface area contributed by atoms with Gasteiger partial charge in [-0.25, -0.2) is 9.78 Å². The number of aromatic nitrogens is 1. The SMILES string of the molecule is CCOC(=O)c1oc2c(C)c(O)c(CN3CCCCC3C)cc2c(=O)c1-c1nc2ccccc2s1. The average Bonchev–Trinajstić information content (AvgIpc) is 3.28. The van der Waals surface area contributed by atoms with E-state index in [2.05, 4.69) is 16.8 Å². The Morgan fingerprint density at radius 1 is 1.31 bits per heavy atom. The number of esters is 1. The van der Waals surface area contributed by atoms with Crippen LogP contribution in [0.5, 0.6) is 5.75 Å². The van der Waals surface area contributed by atoms with Crippen molar-refractivity contribution in [3.8, 4) is 16.3 Å². The molecule has 0 radical (unpaired) electrons. The van der Waals surface area contributed by atoms with Crippen molar-refractivity contribution in [2.24, 2.45) is 0 Å². The number of piperidine rings is 1. The van der Waals surface area contributed by atoms with E-state index >= 15 is 0 Å². The Labute approximate surface area is 207 Å². The van der Waals surface area contributed by atoms with Crippen molar-refractivity contribution in [2.45, 2.75) is 52.6 Å². The van der Waals surface area contributed by atoms with Crippen LogP contribution in [0.15, 0.2) is 39.5 Å². The van der Waals surface area contributed by atoms with Gasteiger partial charge in [0.15, 0.2) is 0 Å². The second-order valence-corrected chi connectivity index (χ2v) is 10.1. The molecule has 2 aromatic heterocycles. The molecular formula is C27H28N2O5S. The standard InChI is InChI=1S/C27H28N2O5S/c1-4-33-27(32)25-21(26-28-19-10-5-6-11-20(19)35-26)23(31)18-13-17(22(30)16(3)24(18)34-25)14-29-12-8-7-9-15(29)2/h5-6,10-11,13,15,30H,4,7-9,12,14H2,1-3H3. The molecule has 1 atom stereocenters. The zero-order valence-electron chi connectivity index (χ0n) is 20.1. The van der Waals surface area contributed by atoms with Crippen LogP contribution in [0.4, 0.5) is 0 Å². The number of likely N-dealkylation sites (tertiary alicyclic amines) is 1. The van der Waals surface area contributed by atoms with Crippen molar-refractivity contribution < 1.29 is 19.1 Å². The van der Waals surface area contributed by atoms with E-state index in [1.165, 1.54) is 17.8 Å². The van der Waals surface area contributed by atoms with Crippen molar-refractivity contribution in [1.29, 1.82) is 0 Å². The van der Waals surface area contributed by atoms with Crippen molar-refractivity contribution in [1.82, 2.24) is 9.88 Å². The highest BCUT2D eigenvalue weighted by molar-refractivity contribution is 7.21. The van der Waals surface area contributed by atoms with E-state index in [0.717, 1.165) is 29.6 Å². The maximum absolute atomic E-state index is 13.9. The number of phenols is 1. The van der Waals surface area contributed by atoms with Crippen LogP contribution >= 0.6 is 11.3 Å². The van der Waals surface area contributed by atoms with Crippen molar-refractivity contribution >= 4 is 38.5 Å². The van der Waals surface area contributed by atoms with Gasteiger partial charge in [-0.15, -0.1) is 11.3 Å². The Balaban J connectivity index is 1.73. The third-order valence-electron chi connectivity index (χ3n) is 6.75. The fourth-order valence-corrected chi connectivity index (χ4v) is 5.80. The number of hydrogen-bond donors (Lipinski definition) is 1. The molecule has 0 aliphatic carbocycles. The molecule has 35 heavy (non-hydrogen) atoms. The summed E-state index contributed by atoms with van der Waals surface area (Å²) in [4.78, 5) is 33.7. The molecule has 182 valence electrons. The highest BCUT2D eigenvalue weighted by Gasteiger charge is 2.28. The highest BCUT2D eigenvalue weighted by atomic mass is 32.1. The van der Waals surface area contributed by atoms with E-state index in [1.807, 2.05) is 24.3 Å². The number of ether oxygens (including phenoxy) is 1. The zero-order valence-corrected chi connectivity index (χ0v) is 20.9. The van der Waals surface area contributed by atoms with Crippen LogP contribution in [0.1, 0.15) is 54.8 Å². The lowest BCUT2D eigenvalue weighted by molar-refractivity contribution is 0.0492. The van der Waals surface area contributed by atoms with Gasteiger partial charge in [0, 0.05) is 23.7 Å². The first-order chi connectivity index (χ1) is 16.9. The molecule has 0 bridgehead atoms. The lowest BCUT2D eigenvalue weighted by atomic mass is 9.99. The number of thiazole rings is 1. The number of rotatable bonds is 5. The van der Waals surface area contributed by atoms with Gasteiger partial charge < -0.3 is 14.3 Å². The first kappa shape index (κ1) is 23.5. The maximum Gasteiger partial charge on any atom is 0.375 e. The lowest BCUT2D eigenvalue weighted by Gasteiger charge is -2.33. The van der Waals surface area contributed by atoms with Gasteiger partial charge in [0.2, 0.25) is 11.2 Å². The third kappa shape index (κ3) is 4.21. The van der Waals surface area contributed by atoms with Crippen LogP contribution in [-0.2, 0) is 11.3 Å². The molecular weight excluding hydrogens is 464 g/mol. The van der Waals surface area contributed by atoms with E-state index in [-0.39, 0.29) is 34.7 Å². The first-order valence-electron chi connectivity index (χ1n) is 12.0. The molecule has 3 heterocycles. The smallest absolute Gasteiger partial charge is 0.375 e. The van der Waals surface area contributed by atoms with Crippen LogP contribution in [-0.4, -0.2) is 40.2 Å². The van der Waals surface area contributed by atoms with Crippen molar-refractivity contribution in [2.75, 3.05) is 13.2 Å². The van der Waals surface area contributed by atoms with Gasteiger partial charge in [0.1, 0.15) is 21.9 Å². The van der Waals surface area contributed by atoms with Gasteiger partial charge in [0.05, 0.1) is 22.2 Å². The molecule has 8 heteroatoms. The van der Waals surface area contributed by atoms with Crippen LogP contribution in [0, 0.1) is 6.92 Å². The summed E-state index contributed by atoms with van der Waals surface area (Å²) in [6, 6.07) is 9.67. The van der Waals surface area contributed by atoms with Crippen LogP contribution in [0.2, 0.25) is 0 Å². The summed E-state index contributed by atoms with van der Waals surface area (Å²) in [7, 11) is 0. The largest absolute Gasteiger partial charge is 0.507 e. The maximum atomic E-state index is 13.9. The zero-order chi connectivity index (χ0) is 24.7. The summed E-state index contributed by atoms with van der Waals surface area (Å²) >= 11 is 1.33. The summed E-state index contributed by atoms with van der Waals surface area (Å²) in [6.45, 7) is 7.21. The highest BCUT2D eigenvalue weighted by Crippen LogP contribution is 2.36. The van der Waals surface area contributed by atoms with E-state index in [4.69, 9.17) is 9.15 Å². The van der Waals surface area contributed by atoms with Gasteiger partial charge in [-0.2, -0.15) is 0 Å². The van der Waals surface area contributed by atoms with E-state index in [9.17, 15) is 14.7 Å². The number of aromatic hydroxyl groups is 1. The number of carbonyl (C=O) groups excluding carboxylic acids is 1. The van der Waals surface area contributed by atoms with Gasteiger partial charge in [-0.3, -0.25) is 9.69 Å². The number of phenolic OH excluding ortho intramolecular Hbond substituents is 1. The van der Waals surface area contributed by atoms with Crippen LogP contribution in [0.3, 0.4) is 0 Å². The molecule has 1 N–H and O–H groups in total. The van der Waals surface area contributed by atoms with Gasteiger partial charge in [-0.05, 0) is 58.4 Å². The summed E-state index contributed by atoms with van der Waals surface area (Å²) in [5.41, 5.74) is 1.78. The fourth-order valence-electron chi connectivity index (χ4n) is 4.80. The average molecular weight is 493 g/mol. The molecule has 1 aliphatic heterocycles. The first-order valence-corrected chi connectivity index (χ1v) is 12.8. The van der Waals surface area contributed by atoms with Gasteiger partial charge in [-0.1, -0.05) is 18.6 Å². The monoisotopic (exact) mass is 492 g/mol. The molecule has 5 rings (SSSR count). The van der Waals surface area contributed by atoms with Gasteiger partial charge in [0.25, 0.3) is 0 Å². The number of para-hydroxylation sites is 1.